The third-order valence-corrected chi connectivity index (χ3v) is 9.42. The lowest BCUT2D eigenvalue weighted by molar-refractivity contribution is -0.136. The second kappa shape index (κ2) is 18.8. The SMILES string of the molecule is CNC(CCC/C=C/CCCOC(=O)N1CC[C@@](NC)(C(C)=O)C1)(CCC/C=C/CCC(=O)N1CCC[C@@H]1C(C)=O)C(C)=O. The maximum Gasteiger partial charge on any atom is 0.409 e. The van der Waals surface area contributed by atoms with Crippen LogP contribution in [-0.4, -0.2) is 96.6 Å². The van der Waals surface area contributed by atoms with Crippen molar-refractivity contribution in [3.8, 4) is 0 Å². The first-order valence-electron chi connectivity index (χ1n) is 16.4. The van der Waals surface area contributed by atoms with Gasteiger partial charge in [-0.15, -0.1) is 0 Å². The number of ketones is 3. The molecule has 0 aromatic rings. The Hall–Kier alpha value is -2.85. The van der Waals surface area contributed by atoms with E-state index in [0.717, 1.165) is 64.2 Å². The van der Waals surface area contributed by atoms with Crippen LogP contribution >= 0.6 is 0 Å². The highest BCUT2D eigenvalue weighted by Crippen LogP contribution is 2.24. The van der Waals surface area contributed by atoms with E-state index in [-0.39, 0.29) is 35.4 Å². The summed E-state index contributed by atoms with van der Waals surface area (Å²) in [4.78, 5) is 64.4. The maximum absolute atomic E-state index is 12.6. The summed E-state index contributed by atoms with van der Waals surface area (Å²) in [5.41, 5.74) is -1.20. The van der Waals surface area contributed by atoms with Crippen molar-refractivity contribution < 1.29 is 28.7 Å². The van der Waals surface area contributed by atoms with E-state index in [0.29, 0.717) is 45.5 Å². The first-order chi connectivity index (χ1) is 21.0. The number of rotatable bonds is 20. The molecule has 3 atom stereocenters. The highest BCUT2D eigenvalue weighted by molar-refractivity contribution is 5.88. The number of amides is 2. The van der Waals surface area contributed by atoms with E-state index in [1.165, 1.54) is 0 Å². The van der Waals surface area contributed by atoms with Crippen molar-refractivity contribution in [1.29, 1.82) is 0 Å². The third kappa shape index (κ3) is 10.9. The van der Waals surface area contributed by atoms with Crippen LogP contribution in [0.4, 0.5) is 4.79 Å². The van der Waals surface area contributed by atoms with Crippen LogP contribution in [0.1, 0.15) is 104 Å². The average molecular weight is 617 g/mol. The van der Waals surface area contributed by atoms with Crippen molar-refractivity contribution >= 4 is 29.4 Å². The third-order valence-electron chi connectivity index (χ3n) is 9.42. The van der Waals surface area contributed by atoms with Crippen molar-refractivity contribution in [1.82, 2.24) is 20.4 Å². The molecule has 10 nitrogen and oxygen atoms in total. The summed E-state index contributed by atoms with van der Waals surface area (Å²) in [5, 5.41) is 6.36. The number of nitrogens with one attached hydrogen (secondary N) is 2. The Morgan fingerprint density at radius 1 is 0.886 bits per heavy atom. The minimum absolute atomic E-state index is 0.0355. The van der Waals surface area contributed by atoms with E-state index in [1.807, 2.05) is 13.1 Å². The molecule has 2 N–H and O–H groups in total. The van der Waals surface area contributed by atoms with Crippen molar-refractivity contribution in [2.45, 2.75) is 121 Å². The van der Waals surface area contributed by atoms with Crippen LogP contribution in [0.2, 0.25) is 0 Å². The van der Waals surface area contributed by atoms with Gasteiger partial charge in [-0.25, -0.2) is 4.79 Å². The van der Waals surface area contributed by atoms with Crippen LogP contribution in [0.25, 0.3) is 0 Å². The number of allylic oxidation sites excluding steroid dienone is 4. The number of likely N-dealkylation sites (N-methyl/N-ethyl adjacent to an activating group) is 2. The van der Waals surface area contributed by atoms with Gasteiger partial charge < -0.3 is 25.2 Å². The molecule has 0 spiro atoms. The van der Waals surface area contributed by atoms with E-state index in [1.54, 1.807) is 37.6 Å². The number of Topliss-reactive ketones (excluding diaryl/α,β-unsaturated/α-hetero) is 3. The molecule has 0 bridgehead atoms. The molecule has 248 valence electrons. The predicted octanol–water partition coefficient (Wildman–Crippen LogP) is 4.52. The molecule has 0 aromatic heterocycles. The van der Waals surface area contributed by atoms with Crippen molar-refractivity contribution in [3.05, 3.63) is 24.3 Å². The number of ether oxygens (including phenoxy) is 1. The highest BCUT2D eigenvalue weighted by atomic mass is 16.6. The molecule has 1 unspecified atom stereocenters. The number of hydrogen-bond donors (Lipinski definition) is 2. The quantitative estimate of drug-likeness (QED) is 0.151. The number of unbranched alkanes of at least 4 members (excludes halogenated alkanes) is 3. The summed E-state index contributed by atoms with van der Waals surface area (Å²) in [6.07, 6.45) is 17.9. The molecule has 2 fully saturated rings. The van der Waals surface area contributed by atoms with Crippen LogP contribution in [-0.2, 0) is 23.9 Å². The summed E-state index contributed by atoms with van der Waals surface area (Å²) in [6.45, 7) is 6.63. The zero-order chi connectivity index (χ0) is 32.6. The molecule has 10 heteroatoms. The molecule has 0 aliphatic carbocycles. The molecule has 0 radical (unpaired) electrons. The van der Waals surface area contributed by atoms with Gasteiger partial charge >= 0.3 is 6.09 Å². The van der Waals surface area contributed by atoms with E-state index in [4.69, 9.17) is 4.74 Å². The van der Waals surface area contributed by atoms with Crippen molar-refractivity contribution in [2.24, 2.45) is 0 Å². The summed E-state index contributed by atoms with van der Waals surface area (Å²) in [7, 11) is 3.60. The summed E-state index contributed by atoms with van der Waals surface area (Å²) >= 11 is 0. The molecular weight excluding hydrogens is 560 g/mol. The summed E-state index contributed by atoms with van der Waals surface area (Å²) < 4.78 is 5.40. The van der Waals surface area contributed by atoms with E-state index in [9.17, 15) is 24.0 Å². The lowest BCUT2D eigenvalue weighted by atomic mass is 9.83. The fourth-order valence-electron chi connectivity index (χ4n) is 6.34. The van der Waals surface area contributed by atoms with Gasteiger partial charge in [0.15, 0.2) is 11.6 Å². The van der Waals surface area contributed by atoms with Gasteiger partial charge in [0.25, 0.3) is 0 Å². The van der Waals surface area contributed by atoms with Crippen LogP contribution in [0, 0.1) is 0 Å². The summed E-state index contributed by atoms with van der Waals surface area (Å²) in [6, 6.07) is -0.240. The Balaban J connectivity index is 1.60. The Morgan fingerprint density at radius 2 is 1.50 bits per heavy atom. The smallest absolute Gasteiger partial charge is 0.409 e. The van der Waals surface area contributed by atoms with Gasteiger partial charge in [-0.1, -0.05) is 24.3 Å². The van der Waals surface area contributed by atoms with Gasteiger partial charge in [0.1, 0.15) is 5.78 Å². The highest BCUT2D eigenvalue weighted by Gasteiger charge is 2.43. The molecular formula is C34H56N4O6. The van der Waals surface area contributed by atoms with Crippen LogP contribution in [0.3, 0.4) is 0 Å². The number of likely N-dealkylation sites (tertiary alicyclic amines) is 2. The zero-order valence-electron chi connectivity index (χ0n) is 27.8. The Bertz CT molecular complexity index is 1040. The first-order valence-corrected chi connectivity index (χ1v) is 16.4. The Kier molecular flexibility index (Phi) is 16.0. The first kappa shape index (κ1) is 37.3. The Morgan fingerprint density at radius 3 is 2.02 bits per heavy atom. The minimum atomic E-state index is -0.661. The van der Waals surface area contributed by atoms with Gasteiger partial charge in [0, 0.05) is 26.1 Å². The number of carbonyl (C=O) groups is 5. The van der Waals surface area contributed by atoms with Gasteiger partial charge in [-0.3, -0.25) is 19.2 Å². The fraction of sp³-hybridized carbons (Fsp3) is 0.735. The van der Waals surface area contributed by atoms with E-state index < -0.39 is 11.1 Å². The fourth-order valence-corrected chi connectivity index (χ4v) is 6.34. The topological polar surface area (TPSA) is 125 Å². The molecule has 2 aliphatic rings. The maximum atomic E-state index is 12.6. The van der Waals surface area contributed by atoms with Gasteiger partial charge in [0.2, 0.25) is 5.91 Å². The van der Waals surface area contributed by atoms with Crippen LogP contribution in [0.5, 0.6) is 0 Å². The molecule has 0 saturated carbocycles. The minimum Gasteiger partial charge on any atom is -0.449 e. The Labute approximate surface area is 264 Å². The van der Waals surface area contributed by atoms with Gasteiger partial charge in [-0.2, -0.15) is 0 Å². The number of nitrogens with zero attached hydrogens (tertiary/aromatic N) is 2. The molecule has 2 heterocycles. The largest absolute Gasteiger partial charge is 0.449 e. The standard InChI is InChI=1S/C34H56N4O6/c1-27(39)30-18-17-23-38(30)31(42)19-13-9-8-11-15-21-33(35-4,28(2)40)20-14-10-6-7-12-16-25-44-32(43)37-24-22-34(26-37,36-5)29(3)41/h6-9,30,35-36H,10-26H2,1-5H3/b7-6+,9-8+/t30-,33?,34+/m1/s1. The lowest BCUT2D eigenvalue weighted by Gasteiger charge is -2.31. The molecule has 2 aliphatic heterocycles. The van der Waals surface area contributed by atoms with Crippen molar-refractivity contribution in [3.63, 3.8) is 0 Å². The lowest BCUT2D eigenvalue weighted by Crippen LogP contribution is -2.51. The average Bonchev–Trinajstić information content (AvgIpc) is 3.67. The molecule has 2 rings (SSSR count). The van der Waals surface area contributed by atoms with Gasteiger partial charge in [0.05, 0.1) is 23.7 Å². The second-order valence-corrected chi connectivity index (χ2v) is 12.3. The van der Waals surface area contributed by atoms with E-state index in [2.05, 4.69) is 28.9 Å². The number of carbonyl (C=O) groups excluding carboxylic acids is 5. The molecule has 2 amide bonds. The summed E-state index contributed by atoms with van der Waals surface area (Å²) in [5.74, 6) is 0.317. The normalized spacial score (nSPS) is 21.7. The molecule has 0 aromatic carbocycles. The number of hydrogen-bond acceptors (Lipinski definition) is 8. The predicted molar refractivity (Wildman–Crippen MR) is 172 cm³/mol. The second-order valence-electron chi connectivity index (χ2n) is 12.3. The molecule has 44 heavy (non-hydrogen) atoms. The van der Waals surface area contributed by atoms with Crippen LogP contribution in [0.15, 0.2) is 24.3 Å². The van der Waals surface area contributed by atoms with Crippen LogP contribution < -0.4 is 10.6 Å². The van der Waals surface area contributed by atoms with Crippen molar-refractivity contribution in [2.75, 3.05) is 40.3 Å². The molecule has 2 saturated heterocycles. The monoisotopic (exact) mass is 616 g/mol. The van der Waals surface area contributed by atoms with Gasteiger partial charge in [-0.05, 0) is 112 Å². The zero-order valence-corrected chi connectivity index (χ0v) is 27.8. The van der Waals surface area contributed by atoms with E-state index >= 15 is 0 Å².